The number of thiophene rings is 1. The Bertz CT molecular complexity index is 844. The predicted octanol–water partition coefficient (Wildman–Crippen LogP) is 3.87. The first-order valence-corrected chi connectivity index (χ1v) is 8.87. The van der Waals surface area contributed by atoms with Gasteiger partial charge in [0.1, 0.15) is 5.00 Å². The van der Waals surface area contributed by atoms with Gasteiger partial charge in [-0.3, -0.25) is 9.59 Å². The number of aryl methyl sites for hydroxylation is 1. The van der Waals surface area contributed by atoms with Crippen LogP contribution in [0.5, 0.6) is 0 Å². The van der Waals surface area contributed by atoms with Crippen LogP contribution in [0.25, 0.3) is 10.4 Å². The molecular formula is C19H22N2O2S. The average molecular weight is 342 g/mol. The van der Waals surface area contributed by atoms with Gasteiger partial charge in [0, 0.05) is 11.8 Å². The summed E-state index contributed by atoms with van der Waals surface area (Å²) in [5.74, 6) is -0.676. The Morgan fingerprint density at radius 2 is 1.92 bits per heavy atom. The molecule has 0 aliphatic heterocycles. The summed E-state index contributed by atoms with van der Waals surface area (Å²) < 4.78 is 0. The monoisotopic (exact) mass is 342 g/mol. The molecule has 0 saturated heterocycles. The van der Waals surface area contributed by atoms with Gasteiger partial charge in [0.05, 0.1) is 5.56 Å². The molecule has 0 spiro atoms. The highest BCUT2D eigenvalue weighted by Crippen LogP contribution is 2.45. The Labute approximate surface area is 146 Å². The summed E-state index contributed by atoms with van der Waals surface area (Å²) in [6, 6.07) is 6.54. The smallest absolute Gasteiger partial charge is 0.252 e. The third kappa shape index (κ3) is 2.84. The van der Waals surface area contributed by atoms with E-state index in [-0.39, 0.29) is 11.3 Å². The molecule has 24 heavy (non-hydrogen) atoms. The summed E-state index contributed by atoms with van der Waals surface area (Å²) in [5.41, 5.74) is 10.9. The number of hydrogen-bond acceptors (Lipinski definition) is 3. The van der Waals surface area contributed by atoms with Crippen molar-refractivity contribution in [1.82, 2.24) is 0 Å². The molecule has 0 atom stereocenters. The van der Waals surface area contributed by atoms with Crippen LogP contribution in [0.15, 0.2) is 18.2 Å². The van der Waals surface area contributed by atoms with Crippen molar-refractivity contribution in [2.45, 2.75) is 46.0 Å². The molecule has 2 amide bonds. The molecule has 1 heterocycles. The fourth-order valence-corrected chi connectivity index (χ4v) is 4.54. The van der Waals surface area contributed by atoms with Crippen molar-refractivity contribution in [3.05, 3.63) is 40.5 Å². The van der Waals surface area contributed by atoms with E-state index < -0.39 is 5.91 Å². The Morgan fingerprint density at radius 1 is 1.21 bits per heavy atom. The number of fused-ring (bicyclic) bond motifs is 3. The molecule has 0 radical (unpaired) electrons. The van der Waals surface area contributed by atoms with Gasteiger partial charge in [0.25, 0.3) is 5.91 Å². The SMILES string of the molecule is CC(=O)Nc1sc2c(c1C(N)=O)CCc1cc(C(C)(C)C)ccc1-2. The molecule has 2 aromatic rings. The Hall–Kier alpha value is -2.14. The number of anilines is 1. The van der Waals surface area contributed by atoms with Crippen LogP contribution in [-0.2, 0) is 23.1 Å². The molecule has 1 aromatic carbocycles. The van der Waals surface area contributed by atoms with Gasteiger partial charge in [-0.05, 0) is 40.5 Å². The summed E-state index contributed by atoms with van der Waals surface area (Å²) in [7, 11) is 0. The van der Waals surface area contributed by atoms with Crippen molar-refractivity contribution in [3.63, 3.8) is 0 Å². The van der Waals surface area contributed by atoms with E-state index in [1.54, 1.807) is 0 Å². The highest BCUT2D eigenvalue weighted by molar-refractivity contribution is 7.20. The molecule has 3 rings (SSSR count). The Balaban J connectivity index is 2.15. The molecule has 4 nitrogen and oxygen atoms in total. The largest absolute Gasteiger partial charge is 0.365 e. The second-order valence-electron chi connectivity index (χ2n) is 7.28. The lowest BCUT2D eigenvalue weighted by Gasteiger charge is -2.23. The first-order valence-electron chi connectivity index (χ1n) is 8.05. The minimum absolute atomic E-state index is 0.102. The number of rotatable bonds is 2. The second-order valence-corrected chi connectivity index (χ2v) is 8.30. The molecule has 3 N–H and O–H groups in total. The van der Waals surface area contributed by atoms with E-state index in [0.717, 1.165) is 28.8 Å². The summed E-state index contributed by atoms with van der Waals surface area (Å²) in [4.78, 5) is 24.4. The summed E-state index contributed by atoms with van der Waals surface area (Å²) >= 11 is 1.44. The third-order valence-electron chi connectivity index (χ3n) is 4.40. The van der Waals surface area contributed by atoms with Crippen molar-refractivity contribution in [1.29, 1.82) is 0 Å². The number of primary amides is 1. The second kappa shape index (κ2) is 5.74. The van der Waals surface area contributed by atoms with E-state index in [0.29, 0.717) is 10.6 Å². The maximum absolute atomic E-state index is 11.9. The van der Waals surface area contributed by atoms with Gasteiger partial charge in [-0.2, -0.15) is 0 Å². The van der Waals surface area contributed by atoms with Crippen LogP contribution in [0.2, 0.25) is 0 Å². The van der Waals surface area contributed by atoms with E-state index in [1.165, 1.54) is 29.4 Å². The molecule has 1 aliphatic carbocycles. The highest BCUT2D eigenvalue weighted by atomic mass is 32.1. The molecule has 0 fully saturated rings. The van der Waals surface area contributed by atoms with E-state index >= 15 is 0 Å². The fraction of sp³-hybridized carbons (Fsp3) is 0.368. The standard InChI is InChI=1S/C19H22N2O2S/c1-10(22)21-18-15(17(20)23)14-7-5-11-9-12(19(2,3)4)6-8-13(11)16(14)24-18/h6,8-9H,5,7H2,1-4H3,(H2,20,23)(H,21,22). The van der Waals surface area contributed by atoms with Crippen LogP contribution in [-0.4, -0.2) is 11.8 Å². The number of carbonyl (C=O) groups is 2. The molecule has 5 heteroatoms. The highest BCUT2D eigenvalue weighted by Gasteiger charge is 2.28. The van der Waals surface area contributed by atoms with Gasteiger partial charge in [-0.15, -0.1) is 11.3 Å². The van der Waals surface area contributed by atoms with Crippen molar-refractivity contribution >= 4 is 28.2 Å². The van der Waals surface area contributed by atoms with E-state index in [1.807, 2.05) is 0 Å². The van der Waals surface area contributed by atoms with Crippen LogP contribution in [0.3, 0.4) is 0 Å². The lowest BCUT2D eigenvalue weighted by atomic mass is 9.82. The van der Waals surface area contributed by atoms with Crippen LogP contribution in [0.1, 0.15) is 54.7 Å². The van der Waals surface area contributed by atoms with Crippen molar-refractivity contribution in [3.8, 4) is 10.4 Å². The van der Waals surface area contributed by atoms with Crippen LogP contribution in [0, 0.1) is 0 Å². The quantitative estimate of drug-likeness (QED) is 0.869. The average Bonchev–Trinajstić information content (AvgIpc) is 2.83. The normalized spacial score (nSPS) is 13.2. The zero-order chi connectivity index (χ0) is 17.6. The van der Waals surface area contributed by atoms with Gasteiger partial charge >= 0.3 is 0 Å². The number of carbonyl (C=O) groups excluding carboxylic acids is 2. The van der Waals surface area contributed by atoms with Crippen molar-refractivity contribution in [2.24, 2.45) is 5.73 Å². The molecule has 0 bridgehead atoms. The first-order chi connectivity index (χ1) is 11.2. The topological polar surface area (TPSA) is 72.2 Å². The molecular weight excluding hydrogens is 320 g/mol. The Kier molecular flexibility index (Phi) is 4.00. The minimum Gasteiger partial charge on any atom is -0.365 e. The van der Waals surface area contributed by atoms with Gasteiger partial charge in [-0.25, -0.2) is 0 Å². The number of nitrogens with two attached hydrogens (primary N) is 1. The van der Waals surface area contributed by atoms with Crippen LogP contribution < -0.4 is 11.1 Å². The third-order valence-corrected chi connectivity index (χ3v) is 5.58. The predicted molar refractivity (Wildman–Crippen MR) is 98.7 cm³/mol. The van der Waals surface area contributed by atoms with Crippen molar-refractivity contribution in [2.75, 3.05) is 5.32 Å². The van der Waals surface area contributed by atoms with E-state index in [9.17, 15) is 9.59 Å². The molecule has 1 aromatic heterocycles. The van der Waals surface area contributed by atoms with Gasteiger partial charge in [-0.1, -0.05) is 39.0 Å². The molecule has 0 unspecified atom stereocenters. The van der Waals surface area contributed by atoms with E-state index in [4.69, 9.17) is 5.73 Å². The number of benzene rings is 1. The number of amides is 2. The van der Waals surface area contributed by atoms with Gasteiger partial charge < -0.3 is 11.1 Å². The Morgan fingerprint density at radius 3 is 2.50 bits per heavy atom. The van der Waals surface area contributed by atoms with Crippen molar-refractivity contribution < 1.29 is 9.59 Å². The maximum Gasteiger partial charge on any atom is 0.252 e. The van der Waals surface area contributed by atoms with Crippen LogP contribution >= 0.6 is 11.3 Å². The summed E-state index contributed by atoms with van der Waals surface area (Å²) in [6.07, 6.45) is 1.65. The molecule has 1 aliphatic rings. The maximum atomic E-state index is 11.9. The van der Waals surface area contributed by atoms with Crippen LogP contribution in [0.4, 0.5) is 5.00 Å². The zero-order valence-electron chi connectivity index (χ0n) is 14.4. The minimum atomic E-state index is -0.481. The lowest BCUT2D eigenvalue weighted by molar-refractivity contribution is -0.114. The number of nitrogens with one attached hydrogen (secondary N) is 1. The van der Waals surface area contributed by atoms with Gasteiger partial charge in [0.2, 0.25) is 5.91 Å². The van der Waals surface area contributed by atoms with Gasteiger partial charge in [0.15, 0.2) is 0 Å². The van der Waals surface area contributed by atoms with E-state index in [2.05, 4.69) is 44.3 Å². The first kappa shape index (κ1) is 16.7. The molecule has 126 valence electrons. The summed E-state index contributed by atoms with van der Waals surface area (Å²) in [6.45, 7) is 8.05. The zero-order valence-corrected chi connectivity index (χ0v) is 15.3. The summed E-state index contributed by atoms with van der Waals surface area (Å²) in [5, 5.41) is 3.32. The molecule has 0 saturated carbocycles. The fourth-order valence-electron chi connectivity index (χ4n) is 3.18. The number of hydrogen-bond donors (Lipinski definition) is 2. The lowest BCUT2D eigenvalue weighted by Crippen LogP contribution is -2.17.